The fourth-order valence-electron chi connectivity index (χ4n) is 4.91. The number of carbonyl (C=O) groups is 1. The van der Waals surface area contributed by atoms with E-state index < -0.39 is 10.0 Å². The fourth-order valence-corrected chi connectivity index (χ4v) is 7.48. The molecule has 4 heterocycles. The zero-order valence-electron chi connectivity index (χ0n) is 21.4. The van der Waals surface area contributed by atoms with Gasteiger partial charge in [0.15, 0.2) is 16.6 Å². The van der Waals surface area contributed by atoms with Crippen molar-refractivity contribution < 1.29 is 22.7 Å². The molecule has 0 radical (unpaired) electrons. The zero-order valence-corrected chi connectivity index (χ0v) is 23.1. The fraction of sp³-hybridized carbons (Fsp3) is 0.321. The van der Waals surface area contributed by atoms with Gasteiger partial charge in [-0.05, 0) is 54.7 Å². The Hall–Kier alpha value is -3.54. The average molecular weight is 565 g/mol. The highest BCUT2D eigenvalue weighted by atomic mass is 32.2. The van der Waals surface area contributed by atoms with E-state index in [-0.39, 0.29) is 17.3 Å². The molecule has 0 bridgehead atoms. The minimum Gasteiger partial charge on any atom is -0.486 e. The molecule has 6 rings (SSSR count). The Labute approximate surface area is 231 Å². The number of anilines is 1. The number of nitrogens with zero attached hydrogens (tertiary/aromatic N) is 4. The van der Waals surface area contributed by atoms with Gasteiger partial charge in [-0.25, -0.2) is 13.4 Å². The highest BCUT2D eigenvalue weighted by molar-refractivity contribution is 7.89. The van der Waals surface area contributed by atoms with Crippen molar-refractivity contribution in [2.24, 2.45) is 5.92 Å². The lowest BCUT2D eigenvalue weighted by Gasteiger charge is -2.30. The van der Waals surface area contributed by atoms with Crippen molar-refractivity contribution >= 4 is 42.6 Å². The number of carbonyl (C=O) groups excluding carboxylic acids is 1. The Morgan fingerprint density at radius 1 is 1.13 bits per heavy atom. The first-order valence-corrected chi connectivity index (χ1v) is 15.2. The van der Waals surface area contributed by atoms with Crippen LogP contribution in [0, 0.1) is 5.92 Å². The van der Waals surface area contributed by atoms with E-state index in [4.69, 9.17) is 14.5 Å². The molecule has 2 aromatic heterocycles. The maximum absolute atomic E-state index is 13.9. The molecule has 39 heavy (non-hydrogen) atoms. The van der Waals surface area contributed by atoms with Gasteiger partial charge in [0.1, 0.15) is 13.2 Å². The van der Waals surface area contributed by atoms with Crippen LogP contribution >= 0.6 is 11.3 Å². The summed E-state index contributed by atoms with van der Waals surface area (Å²) in [4.78, 5) is 24.6. The highest BCUT2D eigenvalue weighted by Crippen LogP contribution is 2.39. The molecule has 2 aliphatic rings. The Morgan fingerprint density at radius 3 is 2.62 bits per heavy atom. The number of hydrogen-bond donors (Lipinski definition) is 0. The van der Waals surface area contributed by atoms with Crippen LogP contribution in [0.3, 0.4) is 0 Å². The van der Waals surface area contributed by atoms with Crippen LogP contribution < -0.4 is 14.4 Å². The average Bonchev–Trinajstić information content (AvgIpc) is 3.37. The van der Waals surface area contributed by atoms with Crippen LogP contribution in [0.4, 0.5) is 5.13 Å². The molecule has 1 amide bonds. The maximum Gasteiger partial charge on any atom is 0.260 e. The molecule has 2 aliphatic heterocycles. The summed E-state index contributed by atoms with van der Waals surface area (Å²) in [6, 6.07) is 13.6. The molecule has 1 saturated heterocycles. The van der Waals surface area contributed by atoms with E-state index in [1.807, 2.05) is 24.3 Å². The van der Waals surface area contributed by atoms with Crippen molar-refractivity contribution in [1.82, 2.24) is 14.3 Å². The summed E-state index contributed by atoms with van der Waals surface area (Å²) in [6.45, 7) is 4.31. The number of aromatic nitrogens is 2. The smallest absolute Gasteiger partial charge is 0.260 e. The minimum atomic E-state index is -3.62. The topological polar surface area (TPSA) is 102 Å². The summed E-state index contributed by atoms with van der Waals surface area (Å²) in [5.41, 5.74) is 1.92. The summed E-state index contributed by atoms with van der Waals surface area (Å²) in [5, 5.41) is 0.514. The monoisotopic (exact) mass is 564 g/mol. The van der Waals surface area contributed by atoms with E-state index in [1.165, 1.54) is 23.5 Å². The second-order valence-corrected chi connectivity index (χ2v) is 12.8. The van der Waals surface area contributed by atoms with Gasteiger partial charge in [0, 0.05) is 43.2 Å². The molecule has 1 unspecified atom stereocenters. The summed E-state index contributed by atoms with van der Waals surface area (Å²) in [7, 11) is -3.62. The van der Waals surface area contributed by atoms with Crippen LogP contribution in [0.2, 0.25) is 0 Å². The quantitative estimate of drug-likeness (QED) is 0.334. The molecule has 9 nitrogen and oxygen atoms in total. The predicted molar refractivity (Wildman–Crippen MR) is 149 cm³/mol. The van der Waals surface area contributed by atoms with Gasteiger partial charge >= 0.3 is 0 Å². The number of hydrogen-bond acceptors (Lipinski definition) is 8. The molecule has 1 atom stereocenters. The molecule has 0 N–H and O–H groups in total. The molecule has 4 aromatic rings. The van der Waals surface area contributed by atoms with Crippen molar-refractivity contribution in [1.29, 1.82) is 0 Å². The molecule has 0 saturated carbocycles. The van der Waals surface area contributed by atoms with E-state index in [2.05, 4.69) is 11.9 Å². The molecule has 0 spiro atoms. The number of ether oxygens (including phenoxy) is 2. The first-order valence-electron chi connectivity index (χ1n) is 12.9. The molecule has 202 valence electrons. The van der Waals surface area contributed by atoms with Crippen molar-refractivity contribution in [3.8, 4) is 11.5 Å². The van der Waals surface area contributed by atoms with Gasteiger partial charge in [-0.3, -0.25) is 14.7 Å². The number of fused-ring (bicyclic) bond motifs is 2. The van der Waals surface area contributed by atoms with Gasteiger partial charge in [-0.1, -0.05) is 24.3 Å². The van der Waals surface area contributed by atoms with Crippen molar-refractivity contribution in [2.45, 2.75) is 31.2 Å². The second kappa shape index (κ2) is 10.6. The number of rotatable bonds is 6. The van der Waals surface area contributed by atoms with Gasteiger partial charge < -0.3 is 9.47 Å². The maximum atomic E-state index is 13.9. The summed E-state index contributed by atoms with van der Waals surface area (Å²) < 4.78 is 40.3. The molecule has 1 fully saturated rings. The number of pyridine rings is 1. The first kappa shape index (κ1) is 25.7. The zero-order chi connectivity index (χ0) is 27.0. The van der Waals surface area contributed by atoms with Gasteiger partial charge in [-0.2, -0.15) is 4.31 Å². The summed E-state index contributed by atoms with van der Waals surface area (Å²) in [5.74, 6) is 1.34. The Morgan fingerprint density at radius 2 is 1.90 bits per heavy atom. The number of piperidine rings is 1. The summed E-state index contributed by atoms with van der Waals surface area (Å²) in [6.07, 6.45) is 5.27. The van der Waals surface area contributed by atoms with E-state index in [0.29, 0.717) is 59.9 Å². The van der Waals surface area contributed by atoms with Crippen LogP contribution in [-0.4, -0.2) is 54.9 Å². The van der Waals surface area contributed by atoms with Gasteiger partial charge in [0.25, 0.3) is 5.91 Å². The van der Waals surface area contributed by atoms with Crippen LogP contribution in [0.5, 0.6) is 11.5 Å². The van der Waals surface area contributed by atoms with E-state index in [1.54, 1.807) is 33.7 Å². The third-order valence-electron chi connectivity index (χ3n) is 6.94. The predicted octanol–water partition coefficient (Wildman–Crippen LogP) is 4.73. The second-order valence-electron chi connectivity index (χ2n) is 9.85. The minimum absolute atomic E-state index is 0.192. The standard InChI is InChI=1S/C28H28N4O5S2/c1-19-4-3-11-31(17-19)39(34,35)22-8-6-21(7-9-22)27(33)32(18-20-5-2-10-29-16-20)28-30-23-14-24-25(15-26(23)38-28)37-13-12-36-24/h2,5-10,14-16,19H,3-4,11-13,17-18H2,1H3. The SMILES string of the molecule is CC1CCCN(S(=O)(=O)c2ccc(C(=O)N(Cc3cccnc3)c3nc4cc5c(cc4s3)OCCO5)cc2)C1. The van der Waals surface area contributed by atoms with Crippen LogP contribution in [-0.2, 0) is 16.6 Å². The summed E-state index contributed by atoms with van der Waals surface area (Å²) >= 11 is 1.38. The first-order chi connectivity index (χ1) is 18.9. The van der Waals surface area contributed by atoms with E-state index >= 15 is 0 Å². The highest BCUT2D eigenvalue weighted by Gasteiger charge is 2.29. The Balaban J connectivity index is 1.32. The molecular formula is C28H28N4O5S2. The van der Waals surface area contributed by atoms with Gasteiger partial charge in [0.05, 0.1) is 21.7 Å². The molecule has 11 heteroatoms. The van der Waals surface area contributed by atoms with Crippen molar-refractivity contribution in [3.63, 3.8) is 0 Å². The lowest BCUT2D eigenvalue weighted by atomic mass is 10.0. The number of amides is 1. The van der Waals surface area contributed by atoms with Gasteiger partial charge in [-0.15, -0.1) is 0 Å². The largest absolute Gasteiger partial charge is 0.486 e. The third-order valence-corrected chi connectivity index (χ3v) is 9.86. The lowest BCUT2D eigenvalue weighted by molar-refractivity contribution is 0.0985. The van der Waals surface area contributed by atoms with Crippen molar-refractivity contribution in [2.75, 3.05) is 31.2 Å². The number of benzene rings is 2. The number of thiazole rings is 1. The van der Waals surface area contributed by atoms with Crippen LogP contribution in [0.25, 0.3) is 10.2 Å². The van der Waals surface area contributed by atoms with Crippen LogP contribution in [0.15, 0.2) is 65.8 Å². The normalized spacial score (nSPS) is 17.7. The lowest BCUT2D eigenvalue weighted by Crippen LogP contribution is -2.39. The Bertz CT molecular complexity index is 1560. The molecule has 0 aliphatic carbocycles. The molecular weight excluding hydrogens is 536 g/mol. The Kier molecular flexibility index (Phi) is 6.96. The van der Waals surface area contributed by atoms with Gasteiger partial charge in [0.2, 0.25) is 10.0 Å². The third kappa shape index (κ3) is 5.21. The van der Waals surface area contributed by atoms with Crippen LogP contribution in [0.1, 0.15) is 35.7 Å². The van der Waals surface area contributed by atoms with E-state index in [0.717, 1.165) is 23.1 Å². The van der Waals surface area contributed by atoms with E-state index in [9.17, 15) is 13.2 Å². The van der Waals surface area contributed by atoms with Crippen molar-refractivity contribution in [3.05, 3.63) is 72.1 Å². The number of sulfonamides is 1. The molecule has 2 aromatic carbocycles.